The molecule has 1 aliphatic heterocycles. The van der Waals surface area contributed by atoms with Gasteiger partial charge >= 0.3 is 11.9 Å². The standard InChI is InChI=1S/C14H16N4O4/c1-17-11-3-2-8(12(19)20)6-9(11)16-14(17)18-5-4-15-10(7-18)13(21)22/h2-3,6,10,15H,4-5,7H2,1H3,(H,19,20)(H,21,22). The van der Waals surface area contributed by atoms with Gasteiger partial charge in [-0.05, 0) is 18.2 Å². The number of aromatic carboxylic acids is 1. The van der Waals surface area contributed by atoms with Gasteiger partial charge in [-0.25, -0.2) is 9.78 Å². The minimum absolute atomic E-state index is 0.181. The van der Waals surface area contributed by atoms with Gasteiger partial charge in [0.15, 0.2) is 0 Å². The fourth-order valence-electron chi connectivity index (χ4n) is 2.70. The van der Waals surface area contributed by atoms with E-state index >= 15 is 0 Å². The summed E-state index contributed by atoms with van der Waals surface area (Å²) in [6, 6.07) is 4.14. The first-order valence-electron chi connectivity index (χ1n) is 6.88. The number of hydrogen-bond donors (Lipinski definition) is 3. The highest BCUT2D eigenvalue weighted by Gasteiger charge is 2.27. The summed E-state index contributed by atoms with van der Waals surface area (Å²) < 4.78 is 1.85. The summed E-state index contributed by atoms with van der Waals surface area (Å²) in [6.07, 6.45) is 0. The molecule has 2 heterocycles. The van der Waals surface area contributed by atoms with Crippen LogP contribution in [0.25, 0.3) is 11.0 Å². The van der Waals surface area contributed by atoms with Gasteiger partial charge in [0, 0.05) is 26.7 Å². The molecule has 3 N–H and O–H groups in total. The number of hydrogen-bond acceptors (Lipinski definition) is 5. The maximum absolute atomic E-state index is 11.1. The second kappa shape index (κ2) is 5.30. The number of rotatable bonds is 3. The average molecular weight is 304 g/mol. The Morgan fingerprint density at radius 3 is 2.82 bits per heavy atom. The van der Waals surface area contributed by atoms with Crippen LogP contribution < -0.4 is 10.2 Å². The quantitative estimate of drug-likeness (QED) is 0.740. The predicted molar refractivity (Wildman–Crippen MR) is 79.3 cm³/mol. The summed E-state index contributed by atoms with van der Waals surface area (Å²) in [5, 5.41) is 21.1. The summed E-state index contributed by atoms with van der Waals surface area (Å²) in [5.74, 6) is -1.25. The lowest BCUT2D eigenvalue weighted by atomic mass is 10.2. The highest BCUT2D eigenvalue weighted by Crippen LogP contribution is 2.23. The minimum Gasteiger partial charge on any atom is -0.480 e. The molecule has 116 valence electrons. The Balaban J connectivity index is 1.98. The third-order valence-corrected chi connectivity index (χ3v) is 3.86. The van der Waals surface area contributed by atoms with Crippen molar-refractivity contribution in [3.05, 3.63) is 23.8 Å². The number of carboxylic acid groups (broad SMARTS) is 2. The average Bonchev–Trinajstić information content (AvgIpc) is 2.84. The van der Waals surface area contributed by atoms with Crippen LogP contribution in [0.1, 0.15) is 10.4 Å². The van der Waals surface area contributed by atoms with Crippen molar-refractivity contribution in [1.29, 1.82) is 0 Å². The van der Waals surface area contributed by atoms with Gasteiger partial charge in [0.05, 0.1) is 16.6 Å². The highest BCUT2D eigenvalue weighted by atomic mass is 16.4. The molecule has 22 heavy (non-hydrogen) atoms. The zero-order chi connectivity index (χ0) is 15.9. The molecule has 1 unspecified atom stereocenters. The van der Waals surface area contributed by atoms with Crippen molar-refractivity contribution in [3.63, 3.8) is 0 Å². The number of anilines is 1. The van der Waals surface area contributed by atoms with Crippen LogP contribution in [0.3, 0.4) is 0 Å². The maximum atomic E-state index is 11.1. The van der Waals surface area contributed by atoms with Crippen molar-refractivity contribution in [2.24, 2.45) is 7.05 Å². The second-order valence-corrected chi connectivity index (χ2v) is 5.27. The number of fused-ring (bicyclic) bond motifs is 1. The van der Waals surface area contributed by atoms with Gasteiger partial charge in [0.1, 0.15) is 6.04 Å². The molecule has 8 heteroatoms. The topological polar surface area (TPSA) is 108 Å². The third-order valence-electron chi connectivity index (χ3n) is 3.86. The number of benzene rings is 1. The molecule has 2 aromatic rings. The Kier molecular flexibility index (Phi) is 3.45. The largest absolute Gasteiger partial charge is 0.480 e. The van der Waals surface area contributed by atoms with Gasteiger partial charge in [-0.15, -0.1) is 0 Å². The molecule has 0 bridgehead atoms. The number of imidazole rings is 1. The van der Waals surface area contributed by atoms with Crippen molar-refractivity contribution in [2.45, 2.75) is 6.04 Å². The lowest BCUT2D eigenvalue weighted by Crippen LogP contribution is -2.54. The van der Waals surface area contributed by atoms with E-state index in [4.69, 9.17) is 10.2 Å². The van der Waals surface area contributed by atoms with Crippen LogP contribution in [0, 0.1) is 0 Å². The molecule has 0 spiro atoms. The van der Waals surface area contributed by atoms with Crippen LogP contribution in [0.15, 0.2) is 18.2 Å². The van der Waals surface area contributed by atoms with E-state index in [-0.39, 0.29) is 5.56 Å². The summed E-state index contributed by atoms with van der Waals surface area (Å²) in [4.78, 5) is 28.5. The SMILES string of the molecule is Cn1c(N2CCNC(C(=O)O)C2)nc2cc(C(=O)O)ccc21. The van der Waals surface area contributed by atoms with E-state index in [1.165, 1.54) is 12.1 Å². The van der Waals surface area contributed by atoms with Gasteiger partial charge in [0.25, 0.3) is 0 Å². The Bertz CT molecular complexity index is 755. The fraction of sp³-hybridized carbons (Fsp3) is 0.357. The molecule has 1 aliphatic rings. The zero-order valence-electron chi connectivity index (χ0n) is 12.0. The Labute approximate surface area is 126 Å². The van der Waals surface area contributed by atoms with Gasteiger partial charge in [-0.2, -0.15) is 0 Å². The lowest BCUT2D eigenvalue weighted by molar-refractivity contribution is -0.139. The number of carboxylic acids is 2. The van der Waals surface area contributed by atoms with E-state index in [1.807, 2.05) is 16.5 Å². The van der Waals surface area contributed by atoms with E-state index in [9.17, 15) is 9.59 Å². The highest BCUT2D eigenvalue weighted by molar-refractivity contribution is 5.93. The normalized spacial score (nSPS) is 18.6. The van der Waals surface area contributed by atoms with Crippen molar-refractivity contribution < 1.29 is 19.8 Å². The van der Waals surface area contributed by atoms with Crippen LogP contribution in [0.5, 0.6) is 0 Å². The van der Waals surface area contributed by atoms with Crippen molar-refractivity contribution in [3.8, 4) is 0 Å². The first-order valence-corrected chi connectivity index (χ1v) is 6.88. The molecular formula is C14H16N4O4. The van der Waals surface area contributed by atoms with Crippen LogP contribution in [-0.2, 0) is 11.8 Å². The fourth-order valence-corrected chi connectivity index (χ4v) is 2.70. The van der Waals surface area contributed by atoms with E-state index in [1.54, 1.807) is 6.07 Å². The first-order chi connectivity index (χ1) is 10.5. The molecule has 1 fully saturated rings. The molecule has 1 atom stereocenters. The number of aryl methyl sites for hydroxylation is 1. The molecule has 1 aromatic heterocycles. The molecule has 8 nitrogen and oxygen atoms in total. The maximum Gasteiger partial charge on any atom is 0.335 e. The smallest absolute Gasteiger partial charge is 0.335 e. The lowest BCUT2D eigenvalue weighted by Gasteiger charge is -2.32. The molecule has 0 aliphatic carbocycles. The zero-order valence-corrected chi connectivity index (χ0v) is 12.0. The number of piperazine rings is 1. The van der Waals surface area contributed by atoms with Crippen LogP contribution >= 0.6 is 0 Å². The van der Waals surface area contributed by atoms with E-state index in [0.29, 0.717) is 31.1 Å². The van der Waals surface area contributed by atoms with Crippen molar-refractivity contribution in [2.75, 3.05) is 24.5 Å². The summed E-state index contributed by atoms with van der Waals surface area (Å²) in [6.45, 7) is 1.52. The number of carbonyl (C=O) groups is 2. The molecular weight excluding hydrogens is 288 g/mol. The molecule has 0 amide bonds. The van der Waals surface area contributed by atoms with Crippen molar-refractivity contribution >= 4 is 28.9 Å². The number of nitrogens with one attached hydrogen (secondary N) is 1. The third kappa shape index (κ3) is 2.37. The van der Waals surface area contributed by atoms with Gasteiger partial charge in [-0.3, -0.25) is 4.79 Å². The molecule has 3 rings (SSSR count). The summed E-state index contributed by atoms with van der Waals surface area (Å²) >= 11 is 0. The van der Waals surface area contributed by atoms with E-state index < -0.39 is 18.0 Å². The Morgan fingerprint density at radius 1 is 1.36 bits per heavy atom. The molecule has 1 saturated heterocycles. The number of aromatic nitrogens is 2. The van der Waals surface area contributed by atoms with Crippen molar-refractivity contribution in [1.82, 2.24) is 14.9 Å². The predicted octanol–water partition coefficient (Wildman–Crippen LogP) is 0.134. The second-order valence-electron chi connectivity index (χ2n) is 5.27. The van der Waals surface area contributed by atoms with Gasteiger partial charge < -0.3 is 25.0 Å². The van der Waals surface area contributed by atoms with Crippen LogP contribution in [0.2, 0.25) is 0 Å². The first kappa shape index (κ1) is 14.3. The van der Waals surface area contributed by atoms with Gasteiger partial charge in [-0.1, -0.05) is 0 Å². The molecule has 1 aromatic carbocycles. The Hall–Kier alpha value is -2.61. The minimum atomic E-state index is -0.998. The summed E-state index contributed by atoms with van der Waals surface area (Å²) in [5.41, 5.74) is 1.58. The Morgan fingerprint density at radius 2 is 2.14 bits per heavy atom. The van der Waals surface area contributed by atoms with Gasteiger partial charge in [0.2, 0.25) is 5.95 Å². The monoisotopic (exact) mass is 304 g/mol. The van der Waals surface area contributed by atoms with Crippen LogP contribution in [0.4, 0.5) is 5.95 Å². The van der Waals surface area contributed by atoms with E-state index in [2.05, 4.69) is 10.3 Å². The summed E-state index contributed by atoms with van der Waals surface area (Å²) in [7, 11) is 1.84. The molecule has 0 radical (unpaired) electrons. The number of nitrogens with zero attached hydrogens (tertiary/aromatic N) is 3. The number of aliphatic carboxylic acids is 1. The van der Waals surface area contributed by atoms with Crippen LogP contribution in [-0.4, -0.2) is 57.4 Å². The molecule has 0 saturated carbocycles. The van der Waals surface area contributed by atoms with E-state index in [0.717, 1.165) is 5.52 Å².